The van der Waals surface area contributed by atoms with Crippen molar-refractivity contribution in [2.45, 2.75) is 71.1 Å². The van der Waals surface area contributed by atoms with Crippen LogP contribution in [-0.2, 0) is 6.42 Å². The molecule has 0 aliphatic heterocycles. The molecule has 0 fully saturated rings. The van der Waals surface area contributed by atoms with Crippen molar-refractivity contribution in [2.24, 2.45) is 0 Å². The van der Waals surface area contributed by atoms with Crippen molar-refractivity contribution in [1.29, 1.82) is 0 Å². The van der Waals surface area contributed by atoms with E-state index in [2.05, 4.69) is 50.6 Å². The van der Waals surface area contributed by atoms with Crippen LogP contribution in [0.1, 0.15) is 81.4 Å². The van der Waals surface area contributed by atoms with E-state index in [9.17, 15) is 0 Å². The van der Waals surface area contributed by atoms with Crippen LogP contribution in [0.3, 0.4) is 0 Å². The minimum Gasteiger partial charge on any atom is -0.0804 e. The fourth-order valence-electron chi connectivity index (χ4n) is 3.20. The van der Waals surface area contributed by atoms with Crippen LogP contribution in [0, 0.1) is 6.42 Å². The molecule has 109 valence electrons. The first kappa shape index (κ1) is 15.4. The Morgan fingerprint density at radius 3 is 2.55 bits per heavy atom. The van der Waals surface area contributed by atoms with Crippen LogP contribution in [0.25, 0.3) is 0 Å². The summed E-state index contributed by atoms with van der Waals surface area (Å²) in [5.41, 5.74) is 4.64. The van der Waals surface area contributed by atoms with Crippen LogP contribution in [0.5, 0.6) is 0 Å². The van der Waals surface area contributed by atoms with E-state index in [0.29, 0.717) is 5.92 Å². The molecule has 0 saturated heterocycles. The lowest BCUT2D eigenvalue weighted by Gasteiger charge is -2.23. The van der Waals surface area contributed by atoms with E-state index in [1.807, 2.05) is 0 Å². The first-order valence-electron chi connectivity index (χ1n) is 8.50. The predicted octanol–water partition coefficient (Wildman–Crippen LogP) is 6.21. The molecule has 0 saturated carbocycles. The summed E-state index contributed by atoms with van der Waals surface area (Å²) in [7, 11) is 0. The molecule has 1 aromatic rings. The zero-order valence-electron chi connectivity index (χ0n) is 13.2. The Kier molecular flexibility index (Phi) is 6.36. The average molecular weight is 269 g/mol. The fraction of sp³-hybridized carbons (Fsp3) is 0.550. The van der Waals surface area contributed by atoms with Gasteiger partial charge >= 0.3 is 0 Å². The highest BCUT2D eigenvalue weighted by Gasteiger charge is 2.17. The number of unbranched alkanes of at least 4 members (excludes halogenated alkanes) is 4. The molecule has 1 aromatic carbocycles. The largest absolute Gasteiger partial charge is 0.0804 e. The summed E-state index contributed by atoms with van der Waals surface area (Å²) in [6.45, 7) is 4.56. The Balaban J connectivity index is 2.07. The minimum absolute atomic E-state index is 0.646. The van der Waals surface area contributed by atoms with Crippen LogP contribution < -0.4 is 0 Å². The van der Waals surface area contributed by atoms with Crippen molar-refractivity contribution in [3.05, 3.63) is 53.5 Å². The normalized spacial score (nSPS) is 17.2. The second kappa shape index (κ2) is 8.29. The highest BCUT2D eigenvalue weighted by atomic mass is 14.2. The van der Waals surface area contributed by atoms with E-state index in [4.69, 9.17) is 0 Å². The molecule has 0 N–H and O–H groups in total. The van der Waals surface area contributed by atoms with Crippen LogP contribution in [-0.4, -0.2) is 0 Å². The van der Waals surface area contributed by atoms with Crippen LogP contribution >= 0.6 is 0 Å². The van der Waals surface area contributed by atoms with Gasteiger partial charge in [0.2, 0.25) is 0 Å². The summed E-state index contributed by atoms with van der Waals surface area (Å²) in [4.78, 5) is 0. The third-order valence-electron chi connectivity index (χ3n) is 4.40. The Bertz CT molecular complexity index is 428. The lowest BCUT2D eigenvalue weighted by Crippen LogP contribution is -2.07. The molecule has 0 amide bonds. The average Bonchev–Trinajstić information content (AvgIpc) is 2.48. The Morgan fingerprint density at radius 2 is 1.75 bits per heavy atom. The molecule has 0 heteroatoms. The number of hydrogen-bond donors (Lipinski definition) is 0. The van der Waals surface area contributed by atoms with E-state index in [0.717, 1.165) is 0 Å². The van der Waals surface area contributed by atoms with Crippen molar-refractivity contribution < 1.29 is 0 Å². The summed E-state index contributed by atoms with van der Waals surface area (Å²) in [6.07, 6.45) is 17.6. The van der Waals surface area contributed by atoms with Gasteiger partial charge in [0.05, 0.1) is 0 Å². The molecular formula is C20H29. The highest BCUT2D eigenvalue weighted by molar-refractivity contribution is 5.49. The third-order valence-corrected chi connectivity index (χ3v) is 4.40. The molecule has 0 spiro atoms. The maximum Gasteiger partial charge on any atom is 0.0128 e. The van der Waals surface area contributed by atoms with Crippen molar-refractivity contribution in [1.82, 2.24) is 0 Å². The molecule has 0 aromatic heterocycles. The monoisotopic (exact) mass is 269 g/mol. The topological polar surface area (TPSA) is 0 Å². The van der Waals surface area contributed by atoms with Gasteiger partial charge in [0.1, 0.15) is 0 Å². The first-order valence-corrected chi connectivity index (χ1v) is 8.50. The molecule has 1 atom stereocenters. The molecule has 1 unspecified atom stereocenters. The fourth-order valence-corrected chi connectivity index (χ4v) is 3.20. The number of benzene rings is 1. The number of hydrogen-bond acceptors (Lipinski definition) is 0. The van der Waals surface area contributed by atoms with Gasteiger partial charge in [-0.2, -0.15) is 0 Å². The second-order valence-corrected chi connectivity index (χ2v) is 6.03. The van der Waals surface area contributed by atoms with Crippen molar-refractivity contribution in [3.63, 3.8) is 0 Å². The number of allylic oxidation sites excluding steroid dienone is 2. The molecule has 2 rings (SSSR count). The van der Waals surface area contributed by atoms with E-state index < -0.39 is 0 Å². The Labute approximate surface area is 125 Å². The lowest BCUT2D eigenvalue weighted by atomic mass is 9.82. The van der Waals surface area contributed by atoms with Gasteiger partial charge in [-0.3, -0.25) is 0 Å². The third kappa shape index (κ3) is 3.98. The molecule has 0 nitrogen and oxygen atoms in total. The van der Waals surface area contributed by atoms with E-state index in [-0.39, 0.29) is 0 Å². The van der Waals surface area contributed by atoms with Crippen molar-refractivity contribution >= 4 is 0 Å². The van der Waals surface area contributed by atoms with Gasteiger partial charge in [0, 0.05) is 12.3 Å². The zero-order chi connectivity index (χ0) is 14.2. The lowest BCUT2D eigenvalue weighted by molar-refractivity contribution is 0.623. The van der Waals surface area contributed by atoms with Gasteiger partial charge in [-0.05, 0) is 36.0 Å². The van der Waals surface area contributed by atoms with Gasteiger partial charge in [0.15, 0.2) is 0 Å². The SMILES string of the molecule is CCCCCc1cccc2c1[CH]C=CC2CCCCC. The Morgan fingerprint density at radius 1 is 0.950 bits per heavy atom. The molecule has 0 heterocycles. The van der Waals surface area contributed by atoms with Gasteiger partial charge in [0.25, 0.3) is 0 Å². The van der Waals surface area contributed by atoms with E-state index in [1.54, 1.807) is 11.1 Å². The van der Waals surface area contributed by atoms with E-state index >= 15 is 0 Å². The first-order chi connectivity index (χ1) is 9.86. The van der Waals surface area contributed by atoms with Gasteiger partial charge < -0.3 is 0 Å². The molecular weight excluding hydrogens is 240 g/mol. The van der Waals surface area contributed by atoms with Gasteiger partial charge in [-0.25, -0.2) is 0 Å². The smallest absolute Gasteiger partial charge is 0.0128 e. The number of rotatable bonds is 8. The highest BCUT2D eigenvalue weighted by Crippen LogP contribution is 2.34. The molecule has 1 aliphatic rings. The van der Waals surface area contributed by atoms with Crippen molar-refractivity contribution in [3.8, 4) is 0 Å². The number of aryl methyl sites for hydroxylation is 1. The Hall–Kier alpha value is -1.04. The van der Waals surface area contributed by atoms with Crippen LogP contribution in [0.4, 0.5) is 0 Å². The van der Waals surface area contributed by atoms with Crippen molar-refractivity contribution in [2.75, 3.05) is 0 Å². The quantitative estimate of drug-likeness (QED) is 0.492. The van der Waals surface area contributed by atoms with Gasteiger partial charge in [-0.15, -0.1) is 0 Å². The minimum atomic E-state index is 0.646. The molecule has 0 bridgehead atoms. The summed E-state index contributed by atoms with van der Waals surface area (Å²) < 4.78 is 0. The summed E-state index contributed by atoms with van der Waals surface area (Å²) in [5.74, 6) is 0.646. The predicted molar refractivity (Wildman–Crippen MR) is 89.1 cm³/mol. The standard InChI is InChI=1S/C20H29/c1-3-5-7-11-17-13-9-16-20-18(12-8-6-4-2)14-10-15-19(17)20/h9-10,13-17H,3-8,11-12H2,1-2H3. The summed E-state index contributed by atoms with van der Waals surface area (Å²) in [6, 6.07) is 6.93. The van der Waals surface area contributed by atoms with E-state index in [1.165, 1.54) is 56.9 Å². The summed E-state index contributed by atoms with van der Waals surface area (Å²) >= 11 is 0. The van der Waals surface area contributed by atoms with Crippen LogP contribution in [0.15, 0.2) is 30.4 Å². The number of fused-ring (bicyclic) bond motifs is 1. The molecule has 20 heavy (non-hydrogen) atoms. The maximum absolute atomic E-state index is 2.40. The maximum atomic E-state index is 2.40. The van der Waals surface area contributed by atoms with Gasteiger partial charge in [-0.1, -0.05) is 76.3 Å². The second-order valence-electron chi connectivity index (χ2n) is 6.03. The molecule has 1 aliphatic carbocycles. The summed E-state index contributed by atoms with van der Waals surface area (Å²) in [5, 5.41) is 0. The zero-order valence-corrected chi connectivity index (χ0v) is 13.2. The van der Waals surface area contributed by atoms with Crippen LogP contribution in [0.2, 0.25) is 0 Å². The molecule has 1 radical (unpaired) electrons.